The Morgan fingerprint density at radius 1 is 1.05 bits per heavy atom. The molecule has 22 heavy (non-hydrogen) atoms. The zero-order valence-electron chi connectivity index (χ0n) is 12.8. The van der Waals surface area contributed by atoms with Crippen LogP contribution < -0.4 is 0 Å². The van der Waals surface area contributed by atoms with Crippen LogP contribution in [0, 0.1) is 6.92 Å². The highest BCUT2D eigenvalue weighted by molar-refractivity contribution is 6.07. The second-order valence-corrected chi connectivity index (χ2v) is 5.69. The zero-order valence-corrected chi connectivity index (χ0v) is 12.8. The minimum absolute atomic E-state index is 0.0635. The van der Waals surface area contributed by atoms with Gasteiger partial charge in [-0.05, 0) is 53.3 Å². The van der Waals surface area contributed by atoms with Gasteiger partial charge in [0.2, 0.25) is 0 Å². The first kappa shape index (κ1) is 14.3. The number of rotatable bonds is 3. The molecule has 2 heteroatoms. The summed E-state index contributed by atoms with van der Waals surface area (Å²) in [5, 5.41) is 9.18. The van der Waals surface area contributed by atoms with Crippen LogP contribution in [0.25, 0.3) is 17.2 Å². The van der Waals surface area contributed by atoms with Crippen molar-refractivity contribution in [2.45, 2.75) is 20.3 Å². The first-order valence-corrected chi connectivity index (χ1v) is 7.36. The Morgan fingerprint density at radius 2 is 1.77 bits per heavy atom. The number of carboxylic acid groups (broad SMARTS) is 1. The number of carboxylic acids is 1. The highest BCUT2D eigenvalue weighted by atomic mass is 16.4. The van der Waals surface area contributed by atoms with Gasteiger partial charge in [0.25, 0.3) is 0 Å². The van der Waals surface area contributed by atoms with Crippen LogP contribution >= 0.6 is 0 Å². The third kappa shape index (κ3) is 2.60. The number of benzene rings is 2. The van der Waals surface area contributed by atoms with Crippen molar-refractivity contribution in [2.24, 2.45) is 0 Å². The quantitative estimate of drug-likeness (QED) is 0.881. The van der Waals surface area contributed by atoms with E-state index in [4.69, 9.17) is 0 Å². The summed E-state index contributed by atoms with van der Waals surface area (Å²) in [7, 11) is 0. The average Bonchev–Trinajstić information content (AvgIpc) is 2.73. The normalized spacial score (nSPS) is 15.3. The number of allylic oxidation sites excluding steroid dienone is 2. The van der Waals surface area contributed by atoms with Gasteiger partial charge in [-0.2, -0.15) is 0 Å². The Morgan fingerprint density at radius 3 is 2.45 bits per heavy atom. The van der Waals surface area contributed by atoms with Crippen molar-refractivity contribution in [1.82, 2.24) is 0 Å². The van der Waals surface area contributed by atoms with Crippen LogP contribution in [0.15, 0.2) is 54.1 Å². The molecule has 1 aliphatic rings. The van der Waals surface area contributed by atoms with E-state index in [1.54, 1.807) is 0 Å². The SMILES string of the molecule is CC1=C(CC(=O)O)c2ccccc2/C1=C\c1cccc(C)c1. The van der Waals surface area contributed by atoms with E-state index in [1.807, 2.05) is 31.2 Å². The van der Waals surface area contributed by atoms with Crippen molar-refractivity contribution in [2.75, 3.05) is 0 Å². The van der Waals surface area contributed by atoms with E-state index >= 15 is 0 Å². The molecule has 2 aromatic carbocycles. The zero-order chi connectivity index (χ0) is 15.7. The molecule has 110 valence electrons. The monoisotopic (exact) mass is 290 g/mol. The predicted octanol–water partition coefficient (Wildman–Crippen LogP) is 4.80. The number of aryl methyl sites for hydroxylation is 1. The molecule has 0 bridgehead atoms. The fourth-order valence-electron chi connectivity index (χ4n) is 3.04. The van der Waals surface area contributed by atoms with Crippen molar-refractivity contribution in [1.29, 1.82) is 0 Å². The Kier molecular flexibility index (Phi) is 3.68. The lowest BCUT2D eigenvalue weighted by Crippen LogP contribution is -1.96. The maximum absolute atomic E-state index is 11.2. The van der Waals surface area contributed by atoms with E-state index in [0.29, 0.717) is 0 Å². The first-order chi connectivity index (χ1) is 10.6. The molecule has 0 atom stereocenters. The van der Waals surface area contributed by atoms with Crippen molar-refractivity contribution in [3.63, 3.8) is 0 Å². The first-order valence-electron chi connectivity index (χ1n) is 7.36. The molecule has 0 heterocycles. The fourth-order valence-corrected chi connectivity index (χ4v) is 3.04. The van der Waals surface area contributed by atoms with Crippen molar-refractivity contribution < 1.29 is 9.90 Å². The summed E-state index contributed by atoms with van der Waals surface area (Å²) in [5.74, 6) is -0.791. The molecule has 2 nitrogen and oxygen atoms in total. The molecular weight excluding hydrogens is 272 g/mol. The molecule has 0 amide bonds. The molecule has 2 aromatic rings. The van der Waals surface area contributed by atoms with E-state index in [2.05, 4.69) is 37.3 Å². The molecule has 1 N–H and O–H groups in total. The van der Waals surface area contributed by atoms with Gasteiger partial charge in [0.1, 0.15) is 0 Å². The highest BCUT2D eigenvalue weighted by Crippen LogP contribution is 2.43. The van der Waals surface area contributed by atoms with Gasteiger partial charge < -0.3 is 5.11 Å². The second kappa shape index (κ2) is 5.64. The topological polar surface area (TPSA) is 37.3 Å². The van der Waals surface area contributed by atoms with Crippen molar-refractivity contribution in [3.8, 4) is 0 Å². The third-order valence-electron chi connectivity index (χ3n) is 4.08. The van der Waals surface area contributed by atoms with Crippen LogP contribution in [0.4, 0.5) is 0 Å². The fraction of sp³-hybridized carbons (Fsp3) is 0.150. The smallest absolute Gasteiger partial charge is 0.307 e. The van der Waals surface area contributed by atoms with Crippen molar-refractivity contribution in [3.05, 3.63) is 76.4 Å². The summed E-state index contributed by atoms with van der Waals surface area (Å²) in [6.07, 6.45) is 2.21. The number of aliphatic carboxylic acids is 1. The molecular formula is C20H18O2. The lowest BCUT2D eigenvalue weighted by atomic mass is 10.00. The summed E-state index contributed by atoms with van der Waals surface area (Å²) in [6, 6.07) is 16.4. The van der Waals surface area contributed by atoms with Gasteiger partial charge in [0.15, 0.2) is 0 Å². The molecule has 0 aliphatic heterocycles. The molecule has 0 unspecified atom stereocenters. The summed E-state index contributed by atoms with van der Waals surface area (Å²) in [6.45, 7) is 4.09. The molecule has 1 aliphatic carbocycles. The molecule has 0 spiro atoms. The standard InChI is InChI=1S/C20H18O2/c1-13-6-5-7-15(10-13)11-18-14(2)19(12-20(21)22)17-9-4-3-8-16(17)18/h3-11H,12H2,1-2H3,(H,21,22)/b18-11-. The van der Waals surface area contributed by atoms with E-state index in [9.17, 15) is 9.90 Å². The van der Waals surface area contributed by atoms with Crippen LogP contribution in [0.1, 0.15) is 35.6 Å². The molecule has 0 fully saturated rings. The van der Waals surface area contributed by atoms with E-state index < -0.39 is 5.97 Å². The minimum atomic E-state index is -0.791. The van der Waals surface area contributed by atoms with Crippen LogP contribution in [0.3, 0.4) is 0 Å². The molecule has 0 saturated heterocycles. The minimum Gasteiger partial charge on any atom is -0.481 e. The number of carbonyl (C=O) groups is 1. The van der Waals surface area contributed by atoms with E-state index in [1.165, 1.54) is 5.56 Å². The number of hydrogen-bond donors (Lipinski definition) is 1. The van der Waals surface area contributed by atoms with Crippen LogP contribution in [-0.2, 0) is 4.79 Å². The predicted molar refractivity (Wildman–Crippen MR) is 90.3 cm³/mol. The molecule has 3 rings (SSSR count). The summed E-state index contributed by atoms with van der Waals surface area (Å²) < 4.78 is 0. The molecule has 0 aromatic heterocycles. The Labute approximate surface area is 130 Å². The molecule has 0 radical (unpaired) electrons. The maximum Gasteiger partial charge on any atom is 0.307 e. The van der Waals surface area contributed by atoms with E-state index in [-0.39, 0.29) is 6.42 Å². The van der Waals surface area contributed by atoms with Gasteiger partial charge in [-0.3, -0.25) is 4.79 Å². The molecule has 0 saturated carbocycles. The Bertz CT molecular complexity index is 810. The number of fused-ring (bicyclic) bond motifs is 1. The summed E-state index contributed by atoms with van der Waals surface area (Å²) in [4.78, 5) is 11.2. The summed E-state index contributed by atoms with van der Waals surface area (Å²) >= 11 is 0. The average molecular weight is 290 g/mol. The summed E-state index contributed by atoms with van der Waals surface area (Å²) in [5.41, 5.74) is 7.62. The number of hydrogen-bond acceptors (Lipinski definition) is 1. The van der Waals surface area contributed by atoms with Gasteiger partial charge >= 0.3 is 5.97 Å². The Balaban J connectivity index is 2.15. The van der Waals surface area contributed by atoms with Gasteiger partial charge in [0.05, 0.1) is 6.42 Å². The van der Waals surface area contributed by atoms with Gasteiger partial charge in [-0.1, -0.05) is 54.1 Å². The van der Waals surface area contributed by atoms with Gasteiger partial charge in [-0.15, -0.1) is 0 Å². The van der Waals surface area contributed by atoms with Crippen LogP contribution in [0.5, 0.6) is 0 Å². The van der Waals surface area contributed by atoms with Crippen molar-refractivity contribution >= 4 is 23.2 Å². The lowest BCUT2D eigenvalue weighted by Gasteiger charge is -2.04. The third-order valence-corrected chi connectivity index (χ3v) is 4.08. The largest absolute Gasteiger partial charge is 0.481 e. The van der Waals surface area contributed by atoms with E-state index in [0.717, 1.165) is 33.4 Å². The van der Waals surface area contributed by atoms with Gasteiger partial charge in [0, 0.05) is 0 Å². The Hall–Kier alpha value is -2.61. The lowest BCUT2D eigenvalue weighted by molar-refractivity contribution is -0.135. The van der Waals surface area contributed by atoms with Crippen LogP contribution in [0.2, 0.25) is 0 Å². The highest BCUT2D eigenvalue weighted by Gasteiger charge is 2.24. The van der Waals surface area contributed by atoms with Crippen LogP contribution in [-0.4, -0.2) is 11.1 Å². The maximum atomic E-state index is 11.2. The second-order valence-electron chi connectivity index (χ2n) is 5.69. The van der Waals surface area contributed by atoms with Gasteiger partial charge in [-0.25, -0.2) is 0 Å².